The first-order valence-corrected chi connectivity index (χ1v) is 7.59. The lowest BCUT2D eigenvalue weighted by atomic mass is 9.81. The Labute approximate surface area is 125 Å². The molecule has 0 bridgehead atoms. The highest BCUT2D eigenvalue weighted by Crippen LogP contribution is 2.42. The number of carbonyl (C=O) groups is 2. The molecule has 3 nitrogen and oxygen atoms in total. The second-order valence-electron chi connectivity index (χ2n) is 5.11. The van der Waals surface area contributed by atoms with Crippen LogP contribution in [0.4, 0.5) is 5.69 Å². The summed E-state index contributed by atoms with van der Waals surface area (Å²) in [5.74, 6) is -0.445. The summed E-state index contributed by atoms with van der Waals surface area (Å²) in [5.41, 5.74) is 0.509. The van der Waals surface area contributed by atoms with Crippen LogP contribution in [0, 0.1) is 11.8 Å². The molecule has 3 rings (SSSR count). The highest BCUT2D eigenvalue weighted by atomic mass is 79.9. The maximum atomic E-state index is 12.4. The van der Waals surface area contributed by atoms with Crippen molar-refractivity contribution < 1.29 is 9.59 Å². The van der Waals surface area contributed by atoms with Crippen LogP contribution in [0.5, 0.6) is 0 Å². The van der Waals surface area contributed by atoms with E-state index < -0.39 is 0 Å². The van der Waals surface area contributed by atoms with Crippen LogP contribution in [0.1, 0.15) is 25.7 Å². The molecule has 0 N–H and O–H groups in total. The molecule has 1 saturated heterocycles. The van der Waals surface area contributed by atoms with Crippen LogP contribution in [0.25, 0.3) is 0 Å². The molecule has 2 fully saturated rings. The predicted octanol–water partition coefficient (Wildman–Crippen LogP) is 3.78. The fourth-order valence-corrected chi connectivity index (χ4v) is 3.82. The molecular formula is C14H13BrClNO2. The molecule has 19 heavy (non-hydrogen) atoms. The van der Waals surface area contributed by atoms with Gasteiger partial charge in [-0.25, -0.2) is 4.90 Å². The van der Waals surface area contributed by atoms with E-state index in [1.165, 1.54) is 4.90 Å². The van der Waals surface area contributed by atoms with Crippen molar-refractivity contribution in [1.29, 1.82) is 0 Å². The van der Waals surface area contributed by atoms with E-state index in [2.05, 4.69) is 15.9 Å². The first-order chi connectivity index (χ1) is 9.09. The third-order valence-corrected chi connectivity index (χ3v) is 4.79. The van der Waals surface area contributed by atoms with Gasteiger partial charge in [0, 0.05) is 4.47 Å². The van der Waals surface area contributed by atoms with E-state index in [1.54, 1.807) is 18.2 Å². The second-order valence-corrected chi connectivity index (χ2v) is 6.43. The summed E-state index contributed by atoms with van der Waals surface area (Å²) < 4.78 is 0.831. The number of rotatable bonds is 1. The number of carbonyl (C=O) groups excluding carboxylic acids is 2. The van der Waals surface area contributed by atoms with E-state index in [0.29, 0.717) is 10.7 Å². The summed E-state index contributed by atoms with van der Waals surface area (Å²) in [4.78, 5) is 26.1. The van der Waals surface area contributed by atoms with Gasteiger partial charge in [0.2, 0.25) is 11.8 Å². The fourth-order valence-electron chi connectivity index (χ4n) is 3.06. The van der Waals surface area contributed by atoms with Gasteiger partial charge in [0.15, 0.2) is 0 Å². The average molecular weight is 343 g/mol. The first kappa shape index (κ1) is 13.1. The zero-order valence-corrected chi connectivity index (χ0v) is 12.6. The Bertz CT molecular complexity index is 536. The van der Waals surface area contributed by atoms with Crippen LogP contribution in [-0.2, 0) is 9.59 Å². The Morgan fingerprint density at radius 3 is 2.21 bits per heavy atom. The molecule has 2 atom stereocenters. The summed E-state index contributed by atoms with van der Waals surface area (Å²) in [6.45, 7) is 0. The number of benzene rings is 1. The number of fused-ring (bicyclic) bond motifs is 1. The summed E-state index contributed by atoms with van der Waals surface area (Å²) in [6, 6.07) is 5.22. The predicted molar refractivity (Wildman–Crippen MR) is 77.1 cm³/mol. The minimum absolute atomic E-state index is 0.0843. The quantitative estimate of drug-likeness (QED) is 0.728. The van der Waals surface area contributed by atoms with Gasteiger partial charge >= 0.3 is 0 Å². The maximum absolute atomic E-state index is 12.4. The Hall–Kier alpha value is -0.870. The number of halogens is 2. The summed E-state index contributed by atoms with van der Waals surface area (Å²) in [6.07, 6.45) is 3.70. The molecule has 0 aromatic heterocycles. The van der Waals surface area contributed by atoms with Crippen molar-refractivity contribution in [2.24, 2.45) is 11.8 Å². The molecular weight excluding hydrogens is 330 g/mol. The van der Waals surface area contributed by atoms with Gasteiger partial charge < -0.3 is 0 Å². The minimum atomic E-state index is -0.138. The molecule has 1 aliphatic heterocycles. The molecule has 100 valence electrons. The molecule has 2 unspecified atom stereocenters. The lowest BCUT2D eigenvalue weighted by molar-refractivity contribution is -0.122. The average Bonchev–Trinajstić information content (AvgIpc) is 2.64. The van der Waals surface area contributed by atoms with Crippen LogP contribution >= 0.6 is 27.5 Å². The van der Waals surface area contributed by atoms with Gasteiger partial charge in [-0.05, 0) is 31.0 Å². The number of amides is 2. The van der Waals surface area contributed by atoms with Crippen molar-refractivity contribution in [3.8, 4) is 0 Å². The van der Waals surface area contributed by atoms with Gasteiger partial charge in [-0.15, -0.1) is 0 Å². The van der Waals surface area contributed by atoms with Crippen molar-refractivity contribution in [1.82, 2.24) is 0 Å². The van der Waals surface area contributed by atoms with E-state index in [4.69, 9.17) is 11.6 Å². The Morgan fingerprint density at radius 2 is 1.68 bits per heavy atom. The van der Waals surface area contributed by atoms with Crippen molar-refractivity contribution >= 4 is 45.0 Å². The Balaban J connectivity index is 2.00. The van der Waals surface area contributed by atoms with Gasteiger partial charge in [-0.2, -0.15) is 0 Å². The number of hydrogen-bond acceptors (Lipinski definition) is 2. The standard InChI is InChI=1S/C14H13BrClNO2/c15-8-5-6-12(11(16)7-8)17-13(18)9-3-1-2-4-10(9)14(17)19/h5-7,9-10H,1-4H2. The van der Waals surface area contributed by atoms with Gasteiger partial charge in [0.25, 0.3) is 0 Å². The summed E-state index contributed by atoms with van der Waals surface area (Å²) in [5, 5.41) is 0.426. The highest BCUT2D eigenvalue weighted by molar-refractivity contribution is 9.10. The minimum Gasteiger partial charge on any atom is -0.274 e. The van der Waals surface area contributed by atoms with Crippen LogP contribution in [0.2, 0.25) is 5.02 Å². The zero-order chi connectivity index (χ0) is 13.6. The molecule has 1 heterocycles. The van der Waals surface area contributed by atoms with E-state index in [9.17, 15) is 9.59 Å². The number of nitrogens with zero attached hydrogens (tertiary/aromatic N) is 1. The summed E-state index contributed by atoms with van der Waals surface area (Å²) >= 11 is 9.48. The van der Waals surface area contributed by atoms with Gasteiger partial charge in [-0.1, -0.05) is 40.4 Å². The molecule has 1 aromatic rings. The van der Waals surface area contributed by atoms with Gasteiger partial charge in [-0.3, -0.25) is 9.59 Å². The largest absolute Gasteiger partial charge is 0.274 e. The number of anilines is 1. The molecule has 2 amide bonds. The van der Waals surface area contributed by atoms with E-state index in [-0.39, 0.29) is 23.7 Å². The van der Waals surface area contributed by atoms with Crippen molar-refractivity contribution in [3.63, 3.8) is 0 Å². The van der Waals surface area contributed by atoms with Crippen molar-refractivity contribution in [2.75, 3.05) is 4.90 Å². The number of imide groups is 1. The molecule has 1 aromatic carbocycles. The van der Waals surface area contributed by atoms with Crippen LogP contribution < -0.4 is 4.90 Å². The molecule has 0 radical (unpaired) electrons. The van der Waals surface area contributed by atoms with Gasteiger partial charge in [0.1, 0.15) is 0 Å². The van der Waals surface area contributed by atoms with E-state index >= 15 is 0 Å². The van der Waals surface area contributed by atoms with Crippen LogP contribution in [0.15, 0.2) is 22.7 Å². The third-order valence-electron chi connectivity index (χ3n) is 3.99. The van der Waals surface area contributed by atoms with Crippen LogP contribution in [-0.4, -0.2) is 11.8 Å². The molecule has 0 spiro atoms. The van der Waals surface area contributed by atoms with Crippen molar-refractivity contribution in [3.05, 3.63) is 27.7 Å². The molecule has 1 saturated carbocycles. The molecule has 1 aliphatic carbocycles. The smallest absolute Gasteiger partial charge is 0.237 e. The van der Waals surface area contributed by atoms with Crippen LogP contribution in [0.3, 0.4) is 0 Å². The second kappa shape index (κ2) is 4.91. The first-order valence-electron chi connectivity index (χ1n) is 6.42. The summed E-state index contributed by atoms with van der Waals surface area (Å²) in [7, 11) is 0. The lowest BCUT2D eigenvalue weighted by Gasteiger charge is -2.19. The third kappa shape index (κ3) is 2.11. The lowest BCUT2D eigenvalue weighted by Crippen LogP contribution is -2.31. The van der Waals surface area contributed by atoms with E-state index in [0.717, 1.165) is 30.2 Å². The fraction of sp³-hybridized carbons (Fsp3) is 0.429. The molecule has 5 heteroatoms. The number of hydrogen-bond donors (Lipinski definition) is 0. The SMILES string of the molecule is O=C1C2CCCCC2C(=O)N1c1ccc(Br)cc1Cl. The Kier molecular flexibility index (Phi) is 3.39. The van der Waals surface area contributed by atoms with Gasteiger partial charge in [0.05, 0.1) is 22.5 Å². The monoisotopic (exact) mass is 341 g/mol. The topological polar surface area (TPSA) is 37.4 Å². The molecule has 2 aliphatic rings. The Morgan fingerprint density at radius 1 is 1.11 bits per heavy atom. The van der Waals surface area contributed by atoms with E-state index in [1.807, 2.05) is 0 Å². The van der Waals surface area contributed by atoms with Crippen molar-refractivity contribution in [2.45, 2.75) is 25.7 Å². The highest BCUT2D eigenvalue weighted by Gasteiger charge is 2.49. The maximum Gasteiger partial charge on any atom is 0.237 e. The normalized spacial score (nSPS) is 26.7. The zero-order valence-electron chi connectivity index (χ0n) is 10.2.